The number of carbonyl (C=O) groups is 1. The fourth-order valence-corrected chi connectivity index (χ4v) is 2.18. The van der Waals surface area contributed by atoms with Crippen molar-refractivity contribution >= 4 is 18.3 Å². The van der Waals surface area contributed by atoms with E-state index in [1.165, 1.54) is 6.08 Å². The Morgan fingerprint density at radius 3 is 2.40 bits per heavy atom. The molecule has 2 aromatic carbocycles. The molecule has 0 saturated heterocycles. The zero-order chi connectivity index (χ0) is 17.4. The summed E-state index contributed by atoms with van der Waals surface area (Å²) in [4.78, 5) is 14.1. The lowest BCUT2D eigenvalue weighted by atomic mass is 10.1. The van der Waals surface area contributed by atoms with E-state index in [1.54, 1.807) is 36.2 Å². The minimum atomic E-state index is -0.416. The number of carbonyl (C=O) groups excluding carboxylic acids is 1. The number of nitrogens with zero attached hydrogens (tertiary/aromatic N) is 1. The Labute approximate surface area is 153 Å². The molecule has 0 unspecified atom stereocenters. The lowest BCUT2D eigenvalue weighted by Gasteiger charge is -2.17. The summed E-state index contributed by atoms with van der Waals surface area (Å²) < 4.78 is 18.5. The summed E-state index contributed by atoms with van der Waals surface area (Å²) in [6.07, 6.45) is 1.26. The molecule has 0 aliphatic carbocycles. The van der Waals surface area contributed by atoms with Gasteiger partial charge in [-0.3, -0.25) is 4.79 Å². The fraction of sp³-hybridized carbons (Fsp3) is 0.211. The Bertz CT molecular complexity index is 690. The van der Waals surface area contributed by atoms with Gasteiger partial charge in [0.2, 0.25) is 0 Å². The third-order valence-corrected chi connectivity index (χ3v) is 3.43. The molecule has 25 heavy (non-hydrogen) atoms. The molecule has 0 heterocycles. The van der Waals surface area contributed by atoms with E-state index >= 15 is 0 Å². The molecule has 1 amide bonds. The molecule has 0 aliphatic rings. The van der Waals surface area contributed by atoms with Crippen molar-refractivity contribution in [2.45, 2.75) is 6.54 Å². The topological polar surface area (TPSA) is 55.6 Å². The predicted octanol–water partition coefficient (Wildman–Crippen LogP) is 3.57. The molecule has 134 valence electrons. The van der Waals surface area contributed by atoms with Crippen molar-refractivity contribution in [1.29, 1.82) is 0 Å². The van der Waals surface area contributed by atoms with E-state index in [0.29, 0.717) is 17.9 Å². The maximum absolute atomic E-state index is 13.2. The van der Waals surface area contributed by atoms with E-state index in [9.17, 15) is 9.18 Å². The van der Waals surface area contributed by atoms with E-state index in [1.807, 2.05) is 30.3 Å². The Hall–Kier alpha value is -2.37. The lowest BCUT2D eigenvalue weighted by molar-refractivity contribution is 0.0785. The van der Waals surface area contributed by atoms with Crippen LogP contribution in [0, 0.1) is 0 Å². The van der Waals surface area contributed by atoms with E-state index in [0.717, 1.165) is 5.56 Å². The highest BCUT2D eigenvalue weighted by atomic mass is 35.5. The summed E-state index contributed by atoms with van der Waals surface area (Å²) in [5.74, 6) is -0.00214. The third kappa shape index (κ3) is 6.57. The maximum atomic E-state index is 13.2. The Balaban J connectivity index is 0.00000312. The Morgan fingerprint density at radius 2 is 1.80 bits per heavy atom. The van der Waals surface area contributed by atoms with Crippen LogP contribution in [0.1, 0.15) is 15.9 Å². The van der Waals surface area contributed by atoms with Gasteiger partial charge in [-0.1, -0.05) is 30.3 Å². The van der Waals surface area contributed by atoms with Crippen molar-refractivity contribution in [2.24, 2.45) is 5.73 Å². The maximum Gasteiger partial charge on any atom is 0.253 e. The molecule has 0 aliphatic heterocycles. The molecule has 0 aromatic heterocycles. The van der Waals surface area contributed by atoms with Crippen molar-refractivity contribution in [3.63, 3.8) is 0 Å². The van der Waals surface area contributed by atoms with Crippen molar-refractivity contribution in [3.8, 4) is 5.75 Å². The minimum Gasteiger partial charge on any atom is -0.487 e. The second kappa shape index (κ2) is 10.5. The summed E-state index contributed by atoms with van der Waals surface area (Å²) in [6.45, 7) is 0.502. The monoisotopic (exact) mass is 364 g/mol. The highest BCUT2D eigenvalue weighted by Gasteiger charge is 2.12. The molecule has 0 fully saturated rings. The van der Waals surface area contributed by atoms with Crippen molar-refractivity contribution in [1.82, 2.24) is 4.90 Å². The number of amides is 1. The number of ether oxygens (including phenoxy) is 1. The summed E-state index contributed by atoms with van der Waals surface area (Å²) in [7, 11) is 1.76. The Morgan fingerprint density at radius 1 is 1.16 bits per heavy atom. The average Bonchev–Trinajstić information content (AvgIpc) is 2.61. The molecule has 0 atom stereocenters. The first-order valence-corrected chi connectivity index (χ1v) is 7.67. The highest BCUT2D eigenvalue weighted by Crippen LogP contribution is 2.15. The average molecular weight is 365 g/mol. The zero-order valence-electron chi connectivity index (χ0n) is 14.0. The van der Waals surface area contributed by atoms with Crippen LogP contribution >= 0.6 is 12.4 Å². The first-order valence-electron chi connectivity index (χ1n) is 7.67. The lowest BCUT2D eigenvalue weighted by Crippen LogP contribution is -2.26. The van der Waals surface area contributed by atoms with Crippen LogP contribution in [-0.4, -0.2) is 31.0 Å². The summed E-state index contributed by atoms with van der Waals surface area (Å²) in [5.41, 5.74) is 6.84. The van der Waals surface area contributed by atoms with Gasteiger partial charge in [0.15, 0.2) is 0 Å². The SMILES string of the molecule is CN(Cc1ccccc1)C(=O)c1ccc(OCC(F)=CCN)cc1.Cl. The normalized spacial score (nSPS) is 10.8. The standard InChI is InChI=1S/C19H21FN2O2.ClH/c1-22(13-15-5-3-2-4-6-15)19(23)16-7-9-18(10-8-16)24-14-17(20)11-12-21;/h2-11H,12-14,21H2,1H3;1H. The number of hydrogen-bond acceptors (Lipinski definition) is 3. The molecule has 2 rings (SSSR count). The number of benzene rings is 2. The largest absolute Gasteiger partial charge is 0.487 e. The molecule has 2 aromatic rings. The summed E-state index contributed by atoms with van der Waals surface area (Å²) in [5, 5.41) is 0. The molecule has 0 bridgehead atoms. The van der Waals surface area contributed by atoms with E-state index in [4.69, 9.17) is 10.5 Å². The van der Waals surface area contributed by atoms with Crippen LogP contribution in [0.4, 0.5) is 4.39 Å². The number of hydrogen-bond donors (Lipinski definition) is 1. The Kier molecular flexibility index (Phi) is 8.67. The third-order valence-electron chi connectivity index (χ3n) is 3.43. The van der Waals surface area contributed by atoms with Gasteiger partial charge in [-0.15, -0.1) is 12.4 Å². The van der Waals surface area contributed by atoms with Gasteiger partial charge in [-0.25, -0.2) is 4.39 Å². The molecule has 0 saturated carbocycles. The predicted molar refractivity (Wildman–Crippen MR) is 99.7 cm³/mol. The summed E-state index contributed by atoms with van der Waals surface area (Å²) in [6, 6.07) is 16.4. The van der Waals surface area contributed by atoms with Crippen LogP contribution in [0.3, 0.4) is 0 Å². The van der Waals surface area contributed by atoms with Gasteiger partial charge in [-0.2, -0.15) is 0 Å². The van der Waals surface area contributed by atoms with Gasteiger partial charge in [0.1, 0.15) is 18.2 Å². The molecular weight excluding hydrogens is 343 g/mol. The van der Waals surface area contributed by atoms with Crippen LogP contribution < -0.4 is 10.5 Å². The fourth-order valence-electron chi connectivity index (χ4n) is 2.18. The van der Waals surface area contributed by atoms with Crippen molar-refractivity contribution < 1.29 is 13.9 Å². The second-order valence-electron chi connectivity index (χ2n) is 5.35. The van der Waals surface area contributed by atoms with Crippen LogP contribution in [0.2, 0.25) is 0 Å². The van der Waals surface area contributed by atoms with Crippen LogP contribution in [0.25, 0.3) is 0 Å². The number of rotatable bonds is 7. The second-order valence-corrected chi connectivity index (χ2v) is 5.35. The quantitative estimate of drug-likeness (QED) is 0.817. The molecule has 4 nitrogen and oxygen atoms in total. The minimum absolute atomic E-state index is 0. The molecule has 2 N–H and O–H groups in total. The summed E-state index contributed by atoms with van der Waals surface area (Å²) >= 11 is 0. The molecule has 6 heteroatoms. The van der Waals surface area contributed by atoms with E-state index in [2.05, 4.69) is 0 Å². The molecular formula is C19H22ClFN2O2. The molecule has 0 radical (unpaired) electrons. The van der Waals surface area contributed by atoms with Crippen molar-refractivity contribution in [3.05, 3.63) is 77.6 Å². The van der Waals surface area contributed by atoms with Gasteiger partial charge >= 0.3 is 0 Å². The zero-order valence-corrected chi connectivity index (χ0v) is 14.8. The number of halogens is 2. The molecule has 0 spiro atoms. The van der Waals surface area contributed by atoms with Gasteiger partial charge in [0.05, 0.1) is 0 Å². The smallest absolute Gasteiger partial charge is 0.253 e. The van der Waals surface area contributed by atoms with Gasteiger partial charge in [-0.05, 0) is 35.9 Å². The highest BCUT2D eigenvalue weighted by molar-refractivity contribution is 5.94. The van der Waals surface area contributed by atoms with Gasteiger partial charge in [0, 0.05) is 25.7 Å². The first kappa shape index (κ1) is 20.7. The van der Waals surface area contributed by atoms with Crippen LogP contribution in [0.5, 0.6) is 5.75 Å². The van der Waals surface area contributed by atoms with Crippen molar-refractivity contribution in [2.75, 3.05) is 20.2 Å². The van der Waals surface area contributed by atoms with Crippen LogP contribution in [-0.2, 0) is 6.54 Å². The van der Waals surface area contributed by atoms with E-state index in [-0.39, 0.29) is 31.5 Å². The number of nitrogens with two attached hydrogens (primary N) is 1. The van der Waals surface area contributed by atoms with E-state index < -0.39 is 5.83 Å². The van der Waals surface area contributed by atoms with Gasteiger partial charge < -0.3 is 15.4 Å². The van der Waals surface area contributed by atoms with Gasteiger partial charge in [0.25, 0.3) is 5.91 Å². The van der Waals surface area contributed by atoms with Crippen LogP contribution in [0.15, 0.2) is 66.5 Å². The first-order chi connectivity index (χ1) is 11.6.